The van der Waals surface area contributed by atoms with Crippen LogP contribution in [0.2, 0.25) is 10.0 Å². The SMILES string of the molecule is CC(C)(C)OC(=O)N1CCC(N2C(=C=O)N(CCCl)c3cc(Cl)c(Cl)cc32)CC1. The lowest BCUT2D eigenvalue weighted by Crippen LogP contribution is -2.48. The number of benzene rings is 1. The number of hydrogen-bond acceptors (Lipinski definition) is 5. The molecule has 0 aromatic heterocycles. The lowest BCUT2D eigenvalue weighted by atomic mass is 10.0. The normalized spacial score (nSPS) is 17.4. The molecule has 0 unspecified atom stereocenters. The predicted octanol–water partition coefficient (Wildman–Crippen LogP) is 4.93. The molecule has 1 aromatic rings. The van der Waals surface area contributed by atoms with Gasteiger partial charge in [-0.25, -0.2) is 9.59 Å². The van der Waals surface area contributed by atoms with E-state index in [1.807, 2.05) is 30.6 Å². The highest BCUT2D eigenvalue weighted by molar-refractivity contribution is 6.42. The average molecular weight is 461 g/mol. The molecule has 1 aromatic carbocycles. The lowest BCUT2D eigenvalue weighted by Gasteiger charge is -2.38. The number of ether oxygens (including phenoxy) is 1. The Hall–Kier alpha value is -1.59. The minimum atomic E-state index is -0.534. The van der Waals surface area contributed by atoms with Gasteiger partial charge in [0.15, 0.2) is 5.94 Å². The molecule has 0 spiro atoms. The van der Waals surface area contributed by atoms with E-state index in [0.717, 1.165) is 11.4 Å². The molecule has 2 aliphatic rings. The van der Waals surface area contributed by atoms with Crippen molar-refractivity contribution in [2.24, 2.45) is 0 Å². The van der Waals surface area contributed by atoms with Gasteiger partial charge in [-0.15, -0.1) is 11.6 Å². The van der Waals surface area contributed by atoms with Crippen LogP contribution < -0.4 is 9.80 Å². The van der Waals surface area contributed by atoms with E-state index in [-0.39, 0.29) is 12.1 Å². The van der Waals surface area contributed by atoms with E-state index in [9.17, 15) is 9.59 Å². The molecule has 0 atom stereocenters. The van der Waals surface area contributed by atoms with Gasteiger partial charge in [0.25, 0.3) is 0 Å². The molecule has 3 rings (SSSR count). The number of hydrogen-bond donors (Lipinski definition) is 0. The summed E-state index contributed by atoms with van der Waals surface area (Å²) in [7, 11) is 0. The molecule has 2 aliphatic heterocycles. The van der Waals surface area contributed by atoms with Crippen LogP contribution in [0.4, 0.5) is 16.2 Å². The fourth-order valence-corrected chi connectivity index (χ4v) is 4.20. The van der Waals surface area contributed by atoms with Crippen molar-refractivity contribution in [1.29, 1.82) is 0 Å². The number of carbonyl (C=O) groups is 1. The van der Waals surface area contributed by atoms with Crippen LogP contribution in [0.15, 0.2) is 18.0 Å². The number of amides is 1. The Morgan fingerprint density at radius 3 is 2.28 bits per heavy atom. The molecule has 1 fully saturated rings. The Kier molecular flexibility index (Phi) is 6.59. The second kappa shape index (κ2) is 8.65. The van der Waals surface area contributed by atoms with E-state index in [4.69, 9.17) is 39.5 Å². The predicted molar refractivity (Wildman–Crippen MR) is 117 cm³/mol. The maximum absolute atomic E-state index is 12.3. The third kappa shape index (κ3) is 4.61. The van der Waals surface area contributed by atoms with Crippen molar-refractivity contribution in [3.05, 3.63) is 28.0 Å². The molecule has 1 saturated heterocycles. The van der Waals surface area contributed by atoms with E-state index in [0.29, 0.717) is 54.2 Å². The van der Waals surface area contributed by atoms with Gasteiger partial charge >= 0.3 is 6.09 Å². The van der Waals surface area contributed by atoms with Crippen molar-refractivity contribution >= 4 is 58.2 Å². The van der Waals surface area contributed by atoms with Crippen LogP contribution in [-0.4, -0.2) is 54.1 Å². The number of carbonyl (C=O) groups excluding carboxylic acids is 2. The molecule has 9 heteroatoms. The molecule has 158 valence electrons. The zero-order chi connectivity index (χ0) is 21.3. The summed E-state index contributed by atoms with van der Waals surface area (Å²) in [5.74, 6) is 2.81. The topological polar surface area (TPSA) is 53.1 Å². The fraction of sp³-hybridized carbons (Fsp3) is 0.550. The fourth-order valence-electron chi connectivity index (χ4n) is 3.71. The van der Waals surface area contributed by atoms with Crippen LogP contribution in [0.25, 0.3) is 0 Å². The van der Waals surface area contributed by atoms with Crippen molar-refractivity contribution in [3.8, 4) is 0 Å². The summed E-state index contributed by atoms with van der Waals surface area (Å²) in [6.07, 6.45) is 1.04. The van der Waals surface area contributed by atoms with Gasteiger partial charge in [0.1, 0.15) is 5.60 Å². The van der Waals surface area contributed by atoms with Crippen molar-refractivity contribution < 1.29 is 14.3 Å². The van der Waals surface area contributed by atoms with Gasteiger partial charge in [0.2, 0.25) is 5.82 Å². The molecule has 2 heterocycles. The van der Waals surface area contributed by atoms with E-state index in [1.165, 1.54) is 0 Å². The maximum atomic E-state index is 12.3. The Morgan fingerprint density at radius 2 is 1.76 bits per heavy atom. The summed E-state index contributed by atoms with van der Waals surface area (Å²) >= 11 is 18.4. The maximum Gasteiger partial charge on any atom is 0.410 e. The molecular weight excluding hydrogens is 437 g/mol. The Labute approximate surface area is 185 Å². The first-order valence-corrected chi connectivity index (χ1v) is 10.8. The number of likely N-dealkylation sites (tertiary alicyclic amines) is 1. The van der Waals surface area contributed by atoms with Crippen LogP contribution in [0.3, 0.4) is 0 Å². The van der Waals surface area contributed by atoms with Gasteiger partial charge in [-0.1, -0.05) is 23.2 Å². The smallest absolute Gasteiger partial charge is 0.410 e. The highest BCUT2D eigenvalue weighted by Gasteiger charge is 2.39. The molecular formula is C20H24Cl3N3O3. The van der Waals surface area contributed by atoms with Crippen molar-refractivity contribution in [2.75, 3.05) is 35.3 Å². The van der Waals surface area contributed by atoms with E-state index >= 15 is 0 Å². The molecule has 0 aliphatic carbocycles. The summed E-state index contributed by atoms with van der Waals surface area (Å²) in [4.78, 5) is 29.7. The quantitative estimate of drug-likeness (QED) is 0.473. The molecule has 6 nitrogen and oxygen atoms in total. The van der Waals surface area contributed by atoms with Crippen LogP contribution in [0.5, 0.6) is 0 Å². The van der Waals surface area contributed by atoms with Crippen molar-refractivity contribution in [3.63, 3.8) is 0 Å². The highest BCUT2D eigenvalue weighted by Crippen LogP contribution is 2.47. The van der Waals surface area contributed by atoms with Gasteiger partial charge < -0.3 is 19.4 Å². The first kappa shape index (κ1) is 22.1. The summed E-state index contributed by atoms with van der Waals surface area (Å²) in [5.41, 5.74) is 1.06. The summed E-state index contributed by atoms with van der Waals surface area (Å²) < 4.78 is 5.47. The van der Waals surface area contributed by atoms with E-state index in [2.05, 4.69) is 5.94 Å². The van der Waals surface area contributed by atoms with E-state index < -0.39 is 5.60 Å². The van der Waals surface area contributed by atoms with Crippen molar-refractivity contribution in [2.45, 2.75) is 45.3 Å². The van der Waals surface area contributed by atoms with Crippen LogP contribution in [0, 0.1) is 0 Å². The molecule has 0 N–H and O–H groups in total. The number of alkyl halides is 1. The standard InChI is InChI=1S/C20H24Cl3N3O3/c1-20(2,3)29-19(28)24-7-4-13(5-8-24)26-17-11-15(23)14(22)10-16(17)25(9-6-21)18(26)12-27/h10-11,13H,4-9H2,1-3H3. The number of halogens is 3. The molecule has 29 heavy (non-hydrogen) atoms. The van der Waals surface area contributed by atoms with Crippen LogP contribution in [-0.2, 0) is 9.53 Å². The summed E-state index contributed by atoms with van der Waals surface area (Å²) in [6.45, 7) is 7.06. The number of piperidine rings is 1. The molecule has 0 saturated carbocycles. The third-order valence-corrected chi connectivity index (χ3v) is 5.82. The average Bonchev–Trinajstić information content (AvgIpc) is 2.94. The van der Waals surface area contributed by atoms with Crippen molar-refractivity contribution in [1.82, 2.24) is 4.90 Å². The van der Waals surface area contributed by atoms with E-state index in [1.54, 1.807) is 17.0 Å². The van der Waals surface area contributed by atoms with Gasteiger partial charge in [-0.05, 0) is 45.7 Å². The number of rotatable bonds is 3. The first-order valence-electron chi connectivity index (χ1n) is 9.51. The monoisotopic (exact) mass is 459 g/mol. The number of fused-ring (bicyclic) bond motifs is 1. The lowest BCUT2D eigenvalue weighted by molar-refractivity contribution is 0.0206. The molecule has 0 bridgehead atoms. The van der Waals surface area contributed by atoms with Crippen LogP contribution >= 0.6 is 34.8 Å². The second-order valence-electron chi connectivity index (χ2n) is 8.09. The third-order valence-electron chi connectivity index (χ3n) is 4.93. The van der Waals surface area contributed by atoms with Crippen LogP contribution in [0.1, 0.15) is 33.6 Å². The Balaban J connectivity index is 1.83. The number of nitrogens with zero attached hydrogens (tertiary/aromatic N) is 3. The first-order chi connectivity index (χ1) is 13.7. The zero-order valence-electron chi connectivity index (χ0n) is 16.7. The van der Waals surface area contributed by atoms with Gasteiger partial charge in [0.05, 0.1) is 21.4 Å². The second-order valence-corrected chi connectivity index (χ2v) is 9.28. The number of anilines is 2. The Morgan fingerprint density at radius 1 is 1.17 bits per heavy atom. The molecule has 1 amide bonds. The minimum Gasteiger partial charge on any atom is -0.444 e. The van der Waals surface area contributed by atoms with Gasteiger partial charge in [-0.2, -0.15) is 0 Å². The highest BCUT2D eigenvalue weighted by atomic mass is 35.5. The largest absolute Gasteiger partial charge is 0.444 e. The summed E-state index contributed by atoms with van der Waals surface area (Å²) in [5, 5.41) is 0.830. The van der Waals surface area contributed by atoms with Gasteiger partial charge in [0, 0.05) is 31.6 Å². The zero-order valence-corrected chi connectivity index (χ0v) is 18.9. The minimum absolute atomic E-state index is 0.0152. The Bertz CT molecular complexity index is 841. The summed E-state index contributed by atoms with van der Waals surface area (Å²) in [6, 6.07) is 3.53. The van der Waals surface area contributed by atoms with Gasteiger partial charge in [-0.3, -0.25) is 0 Å². The molecule has 0 radical (unpaired) electrons.